The Morgan fingerprint density at radius 2 is 1.87 bits per heavy atom. The number of methoxy groups -OCH3 is 2. The van der Waals surface area contributed by atoms with Gasteiger partial charge in [0.1, 0.15) is 17.2 Å². The molecule has 0 aliphatic carbocycles. The third-order valence-electron chi connectivity index (χ3n) is 3.14. The second-order valence-corrected chi connectivity index (χ2v) is 5.03. The number of halogens is 1. The number of amides is 1. The molecule has 0 spiro atoms. The van der Waals surface area contributed by atoms with Crippen molar-refractivity contribution in [1.82, 2.24) is 0 Å². The first kappa shape index (κ1) is 17.0. The van der Waals surface area contributed by atoms with Gasteiger partial charge >= 0.3 is 0 Å². The number of hydrogen-bond donors (Lipinski definition) is 1. The normalized spacial score (nSPS) is 10.1. The van der Waals surface area contributed by atoms with Crippen molar-refractivity contribution in [3.8, 4) is 17.2 Å². The molecule has 0 aliphatic heterocycles. The standard InChI is InChI=1S/C17H18ClNO4/c1-4-23-16-9-11(18)5-7-13(16)17(20)19-14-10-12(21-2)6-8-15(14)22-3/h5-10H,4H2,1-3H3,(H,19,20). The molecule has 2 rings (SSSR count). The molecule has 0 atom stereocenters. The summed E-state index contributed by atoms with van der Waals surface area (Å²) < 4.78 is 15.9. The number of benzene rings is 2. The Balaban J connectivity index is 2.32. The van der Waals surface area contributed by atoms with Gasteiger partial charge in [0.2, 0.25) is 0 Å². The molecule has 0 saturated heterocycles. The van der Waals surface area contributed by atoms with E-state index in [1.165, 1.54) is 7.11 Å². The van der Waals surface area contributed by atoms with Crippen LogP contribution in [0.1, 0.15) is 17.3 Å². The van der Waals surface area contributed by atoms with E-state index in [2.05, 4.69) is 5.32 Å². The summed E-state index contributed by atoms with van der Waals surface area (Å²) in [4.78, 5) is 12.6. The van der Waals surface area contributed by atoms with E-state index < -0.39 is 0 Å². The Bertz CT molecular complexity index is 703. The fraction of sp³-hybridized carbons (Fsp3) is 0.235. The molecule has 0 saturated carbocycles. The van der Waals surface area contributed by atoms with Gasteiger partial charge < -0.3 is 19.5 Å². The first-order valence-electron chi connectivity index (χ1n) is 7.04. The summed E-state index contributed by atoms with van der Waals surface area (Å²) >= 11 is 5.96. The van der Waals surface area contributed by atoms with Gasteiger partial charge in [0, 0.05) is 11.1 Å². The maximum absolute atomic E-state index is 12.6. The van der Waals surface area contributed by atoms with E-state index in [1.807, 2.05) is 6.92 Å². The monoisotopic (exact) mass is 335 g/mol. The zero-order valence-electron chi connectivity index (χ0n) is 13.2. The quantitative estimate of drug-likeness (QED) is 0.866. The maximum Gasteiger partial charge on any atom is 0.259 e. The lowest BCUT2D eigenvalue weighted by Crippen LogP contribution is -2.14. The summed E-state index contributed by atoms with van der Waals surface area (Å²) in [6.45, 7) is 2.27. The second-order valence-electron chi connectivity index (χ2n) is 4.59. The minimum atomic E-state index is -0.323. The van der Waals surface area contributed by atoms with E-state index in [9.17, 15) is 4.79 Å². The predicted molar refractivity (Wildman–Crippen MR) is 90.1 cm³/mol. The van der Waals surface area contributed by atoms with Gasteiger partial charge in [-0.25, -0.2) is 0 Å². The third-order valence-corrected chi connectivity index (χ3v) is 3.38. The van der Waals surface area contributed by atoms with Crippen molar-refractivity contribution in [3.63, 3.8) is 0 Å². The average Bonchev–Trinajstić information content (AvgIpc) is 2.55. The lowest BCUT2D eigenvalue weighted by molar-refractivity contribution is 0.102. The number of hydrogen-bond acceptors (Lipinski definition) is 4. The highest BCUT2D eigenvalue weighted by Crippen LogP contribution is 2.30. The Kier molecular flexibility index (Phi) is 5.71. The molecule has 23 heavy (non-hydrogen) atoms. The van der Waals surface area contributed by atoms with Crippen LogP contribution in [0.4, 0.5) is 5.69 Å². The van der Waals surface area contributed by atoms with Crippen LogP contribution in [0.5, 0.6) is 17.2 Å². The average molecular weight is 336 g/mol. The Morgan fingerprint density at radius 3 is 2.52 bits per heavy atom. The molecule has 0 aliphatic rings. The number of rotatable bonds is 6. The Labute approximate surface area is 140 Å². The molecule has 0 fully saturated rings. The van der Waals surface area contributed by atoms with E-state index >= 15 is 0 Å². The summed E-state index contributed by atoms with van der Waals surface area (Å²) in [5.41, 5.74) is 0.898. The molecule has 0 heterocycles. The van der Waals surface area contributed by atoms with Crippen LogP contribution < -0.4 is 19.5 Å². The molecule has 1 amide bonds. The van der Waals surface area contributed by atoms with Gasteiger partial charge in [0.15, 0.2) is 0 Å². The number of anilines is 1. The highest BCUT2D eigenvalue weighted by Gasteiger charge is 2.15. The molecule has 0 bridgehead atoms. The van der Waals surface area contributed by atoms with Gasteiger partial charge in [-0.05, 0) is 37.3 Å². The van der Waals surface area contributed by atoms with E-state index in [0.717, 1.165) is 0 Å². The first-order chi connectivity index (χ1) is 11.1. The van der Waals surface area contributed by atoms with Crippen LogP contribution >= 0.6 is 11.6 Å². The summed E-state index contributed by atoms with van der Waals surface area (Å²) in [5, 5.41) is 3.31. The van der Waals surface area contributed by atoms with Gasteiger partial charge in [0.25, 0.3) is 5.91 Å². The number of nitrogens with one attached hydrogen (secondary N) is 1. The van der Waals surface area contributed by atoms with E-state index in [1.54, 1.807) is 43.5 Å². The molecule has 2 aromatic rings. The Morgan fingerprint density at radius 1 is 1.09 bits per heavy atom. The van der Waals surface area contributed by atoms with Crippen LogP contribution in [-0.2, 0) is 0 Å². The number of carbonyl (C=O) groups is 1. The second kappa shape index (κ2) is 7.74. The van der Waals surface area contributed by atoms with Gasteiger partial charge in [-0.2, -0.15) is 0 Å². The summed E-state index contributed by atoms with van der Waals surface area (Å²) in [7, 11) is 3.09. The molecule has 5 nitrogen and oxygen atoms in total. The molecule has 0 radical (unpaired) electrons. The summed E-state index contributed by atoms with van der Waals surface area (Å²) in [5.74, 6) is 1.25. The molecule has 2 aromatic carbocycles. The van der Waals surface area contributed by atoms with Crippen molar-refractivity contribution in [2.45, 2.75) is 6.92 Å². The topological polar surface area (TPSA) is 56.8 Å². The van der Waals surface area contributed by atoms with Gasteiger partial charge in [-0.15, -0.1) is 0 Å². The third kappa shape index (κ3) is 4.07. The van der Waals surface area contributed by atoms with E-state index in [0.29, 0.717) is 40.1 Å². The van der Waals surface area contributed by atoms with Crippen LogP contribution in [0.15, 0.2) is 36.4 Å². The van der Waals surface area contributed by atoms with Crippen molar-refractivity contribution >= 4 is 23.2 Å². The first-order valence-corrected chi connectivity index (χ1v) is 7.42. The van der Waals surface area contributed by atoms with Gasteiger partial charge in [-0.1, -0.05) is 11.6 Å². The molecule has 1 N–H and O–H groups in total. The van der Waals surface area contributed by atoms with Crippen molar-refractivity contribution < 1.29 is 19.0 Å². The molecular formula is C17H18ClNO4. The van der Waals surface area contributed by atoms with Crippen LogP contribution in [0.25, 0.3) is 0 Å². The largest absolute Gasteiger partial charge is 0.497 e. The molecule has 0 aromatic heterocycles. The van der Waals surface area contributed by atoms with Crippen LogP contribution in [0, 0.1) is 0 Å². The zero-order chi connectivity index (χ0) is 16.8. The number of ether oxygens (including phenoxy) is 3. The highest BCUT2D eigenvalue weighted by atomic mass is 35.5. The summed E-state index contributed by atoms with van der Waals surface area (Å²) in [6.07, 6.45) is 0. The fourth-order valence-electron chi connectivity index (χ4n) is 2.06. The predicted octanol–water partition coefficient (Wildman–Crippen LogP) is 4.01. The van der Waals surface area contributed by atoms with E-state index in [-0.39, 0.29) is 5.91 Å². The van der Waals surface area contributed by atoms with Crippen molar-refractivity contribution in [1.29, 1.82) is 0 Å². The van der Waals surface area contributed by atoms with Crippen LogP contribution in [0.2, 0.25) is 5.02 Å². The van der Waals surface area contributed by atoms with Crippen LogP contribution in [0.3, 0.4) is 0 Å². The lowest BCUT2D eigenvalue weighted by Gasteiger charge is -2.14. The zero-order valence-corrected chi connectivity index (χ0v) is 13.9. The van der Waals surface area contributed by atoms with Crippen molar-refractivity contribution in [3.05, 3.63) is 47.0 Å². The molecule has 122 valence electrons. The molecular weight excluding hydrogens is 318 g/mol. The molecule has 0 unspecified atom stereocenters. The number of carbonyl (C=O) groups excluding carboxylic acids is 1. The van der Waals surface area contributed by atoms with Crippen molar-refractivity contribution in [2.75, 3.05) is 26.1 Å². The maximum atomic E-state index is 12.6. The summed E-state index contributed by atoms with van der Waals surface area (Å²) in [6, 6.07) is 10.0. The van der Waals surface area contributed by atoms with E-state index in [4.69, 9.17) is 25.8 Å². The Hall–Kier alpha value is -2.40. The fourth-order valence-corrected chi connectivity index (χ4v) is 2.22. The molecule has 6 heteroatoms. The minimum absolute atomic E-state index is 0.323. The van der Waals surface area contributed by atoms with Crippen molar-refractivity contribution in [2.24, 2.45) is 0 Å². The van der Waals surface area contributed by atoms with Gasteiger partial charge in [0.05, 0.1) is 32.1 Å². The minimum Gasteiger partial charge on any atom is -0.497 e. The lowest BCUT2D eigenvalue weighted by atomic mass is 10.1. The van der Waals surface area contributed by atoms with Gasteiger partial charge in [-0.3, -0.25) is 4.79 Å². The smallest absolute Gasteiger partial charge is 0.259 e. The highest BCUT2D eigenvalue weighted by molar-refractivity contribution is 6.31. The SMILES string of the molecule is CCOc1cc(Cl)ccc1C(=O)Nc1cc(OC)ccc1OC. The van der Waals surface area contributed by atoms with Crippen LogP contribution in [-0.4, -0.2) is 26.7 Å².